The summed E-state index contributed by atoms with van der Waals surface area (Å²) in [6.45, 7) is 2.99. The van der Waals surface area contributed by atoms with Crippen LogP contribution in [0, 0.1) is 0 Å². The molecule has 1 aromatic heterocycles. The van der Waals surface area contributed by atoms with Gasteiger partial charge >= 0.3 is 6.18 Å². The summed E-state index contributed by atoms with van der Waals surface area (Å²) < 4.78 is 38.2. The van der Waals surface area contributed by atoms with Gasteiger partial charge in [0.25, 0.3) is 5.91 Å². The maximum atomic E-state index is 12.7. The summed E-state index contributed by atoms with van der Waals surface area (Å²) in [6.07, 6.45) is -3.92. The third kappa shape index (κ3) is 3.85. The zero-order valence-electron chi connectivity index (χ0n) is 12.3. The lowest BCUT2D eigenvalue weighted by Gasteiger charge is -2.23. The van der Waals surface area contributed by atoms with Crippen LogP contribution in [0.1, 0.15) is 30.0 Å². The number of amides is 1. The Morgan fingerprint density at radius 2 is 1.96 bits per heavy atom. The van der Waals surface area contributed by atoms with Crippen LogP contribution >= 0.6 is 11.3 Å². The average Bonchev–Trinajstić information content (AvgIpc) is 2.94. The van der Waals surface area contributed by atoms with E-state index in [1.54, 1.807) is 0 Å². The minimum absolute atomic E-state index is 0.162. The topological polar surface area (TPSA) is 75.1 Å². The molecule has 2 rings (SSSR count). The maximum absolute atomic E-state index is 12.7. The van der Waals surface area contributed by atoms with E-state index in [0.717, 1.165) is 36.5 Å². The Hall–Kier alpha value is -2.00. The highest BCUT2D eigenvalue weighted by Gasteiger charge is 2.36. The van der Waals surface area contributed by atoms with Crippen LogP contribution in [0.15, 0.2) is 24.3 Å². The highest BCUT2D eigenvalue weighted by atomic mass is 32.1. The molecule has 1 heterocycles. The largest absolute Gasteiger partial charge is 0.416 e. The molecular formula is C14H14F3N3O2S. The number of hydrogen-bond acceptors (Lipinski definition) is 5. The van der Waals surface area contributed by atoms with Crippen LogP contribution in [0.3, 0.4) is 0 Å². The Morgan fingerprint density at radius 1 is 1.30 bits per heavy atom. The molecule has 0 saturated heterocycles. The van der Waals surface area contributed by atoms with E-state index in [9.17, 15) is 23.1 Å². The first-order valence-corrected chi connectivity index (χ1v) is 7.50. The van der Waals surface area contributed by atoms with E-state index in [1.165, 1.54) is 6.07 Å². The molecule has 1 atom stereocenters. The lowest BCUT2D eigenvalue weighted by molar-refractivity contribution is -0.138. The molecule has 0 fully saturated rings. The highest BCUT2D eigenvalue weighted by Crippen LogP contribution is 2.32. The van der Waals surface area contributed by atoms with Crippen LogP contribution in [-0.2, 0) is 23.0 Å². The van der Waals surface area contributed by atoms with Gasteiger partial charge in [0.2, 0.25) is 5.13 Å². The SMILES string of the molecule is CCc1nnc(NC(=O)C(C)(O)c2cccc(C(F)(F)F)c2)s1. The quantitative estimate of drug-likeness (QED) is 0.893. The Bertz CT molecular complexity index is 713. The number of aryl methyl sites for hydroxylation is 1. The second kappa shape index (κ2) is 6.25. The molecule has 2 N–H and O–H groups in total. The monoisotopic (exact) mass is 345 g/mol. The number of aromatic nitrogens is 2. The molecule has 23 heavy (non-hydrogen) atoms. The molecule has 124 valence electrons. The van der Waals surface area contributed by atoms with Crippen molar-refractivity contribution in [3.05, 3.63) is 40.4 Å². The van der Waals surface area contributed by atoms with E-state index in [1.807, 2.05) is 6.92 Å². The van der Waals surface area contributed by atoms with Crippen molar-refractivity contribution in [2.24, 2.45) is 0 Å². The average molecular weight is 345 g/mol. The fraction of sp³-hybridized carbons (Fsp3) is 0.357. The zero-order valence-corrected chi connectivity index (χ0v) is 13.1. The number of benzene rings is 1. The third-order valence-electron chi connectivity index (χ3n) is 3.18. The number of halogens is 3. The first-order chi connectivity index (χ1) is 10.6. The van der Waals surface area contributed by atoms with Crippen molar-refractivity contribution in [3.63, 3.8) is 0 Å². The minimum Gasteiger partial charge on any atom is -0.376 e. The van der Waals surface area contributed by atoms with Gasteiger partial charge < -0.3 is 5.11 Å². The van der Waals surface area contributed by atoms with Crippen LogP contribution in [0.4, 0.5) is 18.3 Å². The first-order valence-electron chi connectivity index (χ1n) is 6.68. The lowest BCUT2D eigenvalue weighted by Crippen LogP contribution is -2.37. The molecule has 0 aliphatic heterocycles. The van der Waals surface area contributed by atoms with Crippen molar-refractivity contribution >= 4 is 22.4 Å². The highest BCUT2D eigenvalue weighted by molar-refractivity contribution is 7.15. The van der Waals surface area contributed by atoms with E-state index < -0.39 is 23.2 Å². The summed E-state index contributed by atoms with van der Waals surface area (Å²) >= 11 is 1.13. The van der Waals surface area contributed by atoms with Crippen molar-refractivity contribution in [2.45, 2.75) is 32.0 Å². The Kier molecular flexibility index (Phi) is 4.71. The molecule has 2 aromatic rings. The molecule has 1 aromatic carbocycles. The maximum Gasteiger partial charge on any atom is 0.416 e. The van der Waals surface area contributed by atoms with Gasteiger partial charge in [0.05, 0.1) is 5.56 Å². The molecule has 1 amide bonds. The van der Waals surface area contributed by atoms with Crippen molar-refractivity contribution < 1.29 is 23.1 Å². The van der Waals surface area contributed by atoms with Gasteiger partial charge in [-0.25, -0.2) is 0 Å². The van der Waals surface area contributed by atoms with Gasteiger partial charge in [0, 0.05) is 0 Å². The lowest BCUT2D eigenvalue weighted by atomic mass is 9.93. The number of aliphatic hydroxyl groups is 1. The second-order valence-corrected chi connectivity index (χ2v) is 6.02. The summed E-state index contributed by atoms with van der Waals surface area (Å²) in [5.41, 5.74) is -3.24. The van der Waals surface area contributed by atoms with E-state index in [-0.39, 0.29) is 10.7 Å². The van der Waals surface area contributed by atoms with Crippen molar-refractivity contribution in [1.82, 2.24) is 10.2 Å². The summed E-state index contributed by atoms with van der Waals surface area (Å²) in [5, 5.41) is 21.1. The predicted octanol–water partition coefficient (Wildman–Crippen LogP) is 2.97. The van der Waals surface area contributed by atoms with E-state index in [0.29, 0.717) is 11.4 Å². The summed E-state index contributed by atoms with van der Waals surface area (Å²) in [7, 11) is 0. The molecule has 0 aliphatic rings. The summed E-state index contributed by atoms with van der Waals surface area (Å²) in [5.74, 6) is -0.879. The molecule has 0 radical (unpaired) electrons. The van der Waals surface area contributed by atoms with Gasteiger partial charge in [-0.1, -0.05) is 30.4 Å². The molecule has 0 bridgehead atoms. The van der Waals surface area contributed by atoms with Crippen molar-refractivity contribution in [3.8, 4) is 0 Å². The number of alkyl halides is 3. The van der Waals surface area contributed by atoms with Crippen LogP contribution in [0.5, 0.6) is 0 Å². The Balaban J connectivity index is 2.24. The number of nitrogens with zero attached hydrogens (tertiary/aromatic N) is 2. The Morgan fingerprint density at radius 3 is 2.52 bits per heavy atom. The van der Waals surface area contributed by atoms with Gasteiger partial charge in [-0.05, 0) is 31.0 Å². The van der Waals surface area contributed by atoms with Crippen LogP contribution in [0.25, 0.3) is 0 Å². The molecule has 9 heteroatoms. The summed E-state index contributed by atoms with van der Waals surface area (Å²) in [6, 6.07) is 4.01. The molecule has 1 unspecified atom stereocenters. The van der Waals surface area contributed by atoms with E-state index >= 15 is 0 Å². The van der Waals surface area contributed by atoms with Crippen LogP contribution in [0.2, 0.25) is 0 Å². The fourth-order valence-corrected chi connectivity index (χ4v) is 2.47. The zero-order chi connectivity index (χ0) is 17.3. The number of nitrogens with one attached hydrogen (secondary N) is 1. The van der Waals surface area contributed by atoms with E-state index in [4.69, 9.17) is 0 Å². The van der Waals surface area contributed by atoms with Gasteiger partial charge in [-0.15, -0.1) is 10.2 Å². The minimum atomic E-state index is -4.56. The van der Waals surface area contributed by atoms with Crippen molar-refractivity contribution in [1.29, 1.82) is 0 Å². The molecule has 0 saturated carbocycles. The summed E-state index contributed by atoms with van der Waals surface area (Å²) in [4.78, 5) is 12.2. The smallest absolute Gasteiger partial charge is 0.376 e. The third-order valence-corrected chi connectivity index (χ3v) is 4.17. The molecular weight excluding hydrogens is 331 g/mol. The predicted molar refractivity (Wildman–Crippen MR) is 78.9 cm³/mol. The molecule has 0 aliphatic carbocycles. The number of anilines is 1. The second-order valence-electron chi connectivity index (χ2n) is 4.96. The standard InChI is InChI=1S/C14H14F3N3O2S/c1-3-10-19-20-12(23-10)18-11(21)13(2,22)8-5-4-6-9(7-8)14(15,16)17/h4-7,22H,3H2,1-2H3,(H,18,20,21). The van der Waals surface area contributed by atoms with Crippen LogP contribution in [-0.4, -0.2) is 21.2 Å². The number of rotatable bonds is 4. The van der Waals surface area contributed by atoms with Crippen LogP contribution < -0.4 is 5.32 Å². The van der Waals surface area contributed by atoms with Gasteiger partial charge in [-0.2, -0.15) is 13.2 Å². The van der Waals surface area contributed by atoms with E-state index in [2.05, 4.69) is 15.5 Å². The normalized spacial score (nSPS) is 14.3. The first kappa shape index (κ1) is 17.4. The number of carbonyl (C=O) groups is 1. The van der Waals surface area contributed by atoms with Gasteiger partial charge in [-0.3, -0.25) is 10.1 Å². The fourth-order valence-electron chi connectivity index (χ4n) is 1.80. The molecule has 5 nitrogen and oxygen atoms in total. The van der Waals surface area contributed by atoms with Gasteiger partial charge in [0.15, 0.2) is 5.60 Å². The number of carbonyl (C=O) groups excluding carboxylic acids is 1. The Labute approximate surface area is 134 Å². The number of hydrogen-bond donors (Lipinski definition) is 2. The molecule has 0 spiro atoms. The van der Waals surface area contributed by atoms with Gasteiger partial charge in [0.1, 0.15) is 5.01 Å². The van der Waals surface area contributed by atoms with Crippen molar-refractivity contribution in [2.75, 3.05) is 5.32 Å².